The van der Waals surface area contributed by atoms with Gasteiger partial charge < -0.3 is 0 Å². The molecule has 0 radical (unpaired) electrons. The smallest absolute Gasteiger partial charge is 0.203 e. The molecule has 0 aliphatic heterocycles. The first-order valence-corrected chi connectivity index (χ1v) is 7.61. The third-order valence-electron chi connectivity index (χ3n) is 2.54. The highest BCUT2D eigenvalue weighted by atomic mass is 32.1. The number of hydrogen-bond acceptors (Lipinski definition) is 5. The van der Waals surface area contributed by atoms with Gasteiger partial charge in [0.05, 0.1) is 11.9 Å². The van der Waals surface area contributed by atoms with Gasteiger partial charge in [0.25, 0.3) is 0 Å². The van der Waals surface area contributed by atoms with E-state index in [-0.39, 0.29) is 5.82 Å². The molecule has 1 N–H and O–H groups in total. The molecule has 0 saturated carbocycles. The Labute approximate surface area is 123 Å². The maximum absolute atomic E-state index is 12.9. The van der Waals surface area contributed by atoms with Crippen molar-refractivity contribution in [1.29, 1.82) is 0 Å². The van der Waals surface area contributed by atoms with Crippen LogP contribution >= 0.6 is 22.7 Å². The quantitative estimate of drug-likeness (QED) is 0.571. The molecule has 0 aliphatic rings. The topological polar surface area (TPSA) is 37.3 Å². The van der Waals surface area contributed by atoms with Crippen molar-refractivity contribution in [2.24, 2.45) is 5.10 Å². The Balaban J connectivity index is 1.69. The molecule has 0 unspecified atom stereocenters. The molecule has 0 fully saturated rings. The summed E-state index contributed by atoms with van der Waals surface area (Å²) in [6.07, 6.45) is 1.75. The van der Waals surface area contributed by atoms with E-state index in [9.17, 15) is 4.39 Å². The fourth-order valence-electron chi connectivity index (χ4n) is 1.59. The van der Waals surface area contributed by atoms with Gasteiger partial charge in [-0.1, -0.05) is 6.07 Å². The van der Waals surface area contributed by atoms with Gasteiger partial charge in [0, 0.05) is 15.8 Å². The van der Waals surface area contributed by atoms with Crippen LogP contribution in [0.4, 0.5) is 9.52 Å². The minimum atomic E-state index is -0.247. The predicted octanol–water partition coefficient (Wildman–Crippen LogP) is 4.46. The first-order chi connectivity index (χ1) is 9.81. The third-order valence-corrected chi connectivity index (χ3v) is 4.09. The van der Waals surface area contributed by atoms with Crippen LogP contribution < -0.4 is 5.43 Å². The number of hydrogen-bond donors (Lipinski definition) is 1. The van der Waals surface area contributed by atoms with E-state index in [1.54, 1.807) is 29.7 Å². The minimum Gasteiger partial charge on any atom is -0.253 e. The van der Waals surface area contributed by atoms with Crippen LogP contribution in [0.15, 0.2) is 52.3 Å². The lowest BCUT2D eigenvalue weighted by molar-refractivity contribution is 0.628. The monoisotopic (exact) mass is 303 g/mol. The number of benzene rings is 1. The van der Waals surface area contributed by atoms with Gasteiger partial charge in [0.1, 0.15) is 5.82 Å². The summed E-state index contributed by atoms with van der Waals surface area (Å²) >= 11 is 3.08. The zero-order valence-corrected chi connectivity index (χ0v) is 11.9. The second-order valence-electron chi connectivity index (χ2n) is 3.93. The molecule has 2 heterocycles. The van der Waals surface area contributed by atoms with E-state index in [0.29, 0.717) is 5.13 Å². The molecule has 1 aromatic carbocycles. The minimum absolute atomic E-state index is 0.247. The van der Waals surface area contributed by atoms with Gasteiger partial charge in [-0.3, -0.25) is 5.43 Å². The number of halogens is 1. The van der Waals surface area contributed by atoms with Crippen molar-refractivity contribution in [2.45, 2.75) is 0 Å². The van der Waals surface area contributed by atoms with Gasteiger partial charge in [-0.05, 0) is 35.7 Å². The second kappa shape index (κ2) is 5.94. The van der Waals surface area contributed by atoms with Crippen molar-refractivity contribution < 1.29 is 4.39 Å². The molecule has 6 heteroatoms. The Morgan fingerprint density at radius 1 is 1.15 bits per heavy atom. The molecule has 0 bridgehead atoms. The zero-order valence-electron chi connectivity index (χ0n) is 10.3. The molecule has 0 aliphatic carbocycles. The number of anilines is 1. The van der Waals surface area contributed by atoms with E-state index in [4.69, 9.17) is 0 Å². The number of rotatable bonds is 4. The maximum atomic E-state index is 12.9. The maximum Gasteiger partial charge on any atom is 0.203 e. The van der Waals surface area contributed by atoms with Crippen molar-refractivity contribution in [1.82, 2.24) is 4.98 Å². The van der Waals surface area contributed by atoms with E-state index in [1.165, 1.54) is 23.5 Å². The van der Waals surface area contributed by atoms with Crippen molar-refractivity contribution >= 4 is 34.0 Å². The van der Waals surface area contributed by atoms with Gasteiger partial charge in [0.15, 0.2) is 0 Å². The van der Waals surface area contributed by atoms with Gasteiger partial charge in [0.2, 0.25) is 5.13 Å². The number of aromatic nitrogens is 1. The summed E-state index contributed by atoms with van der Waals surface area (Å²) < 4.78 is 12.9. The summed E-state index contributed by atoms with van der Waals surface area (Å²) in [4.78, 5) is 5.48. The first kappa shape index (κ1) is 13.0. The standard InChI is InChI=1S/C14H10FN3S2/c15-11-5-3-10(4-6-11)13-9-20-14(17-13)18-16-8-12-2-1-7-19-12/h1-9H,(H,17,18)/b16-8+. The normalized spacial score (nSPS) is 11.1. The van der Waals surface area contributed by atoms with E-state index in [0.717, 1.165) is 16.1 Å². The molecule has 100 valence electrons. The highest BCUT2D eigenvalue weighted by molar-refractivity contribution is 7.14. The van der Waals surface area contributed by atoms with Crippen LogP contribution in [0.3, 0.4) is 0 Å². The molecule has 20 heavy (non-hydrogen) atoms. The summed E-state index contributed by atoms with van der Waals surface area (Å²) in [5.41, 5.74) is 4.59. The van der Waals surface area contributed by atoms with Crippen LogP contribution in [-0.4, -0.2) is 11.2 Å². The van der Waals surface area contributed by atoms with Crippen molar-refractivity contribution in [3.05, 3.63) is 57.9 Å². The lowest BCUT2D eigenvalue weighted by Gasteiger charge is -1.95. The van der Waals surface area contributed by atoms with Gasteiger partial charge in [-0.2, -0.15) is 5.10 Å². The average molecular weight is 303 g/mol. The highest BCUT2D eigenvalue weighted by Gasteiger charge is 2.03. The van der Waals surface area contributed by atoms with Crippen molar-refractivity contribution in [3.63, 3.8) is 0 Å². The lowest BCUT2D eigenvalue weighted by atomic mass is 10.2. The molecule has 3 rings (SSSR count). The Bertz CT molecular complexity index is 702. The van der Waals surface area contributed by atoms with E-state index < -0.39 is 0 Å². The van der Waals surface area contributed by atoms with Crippen molar-refractivity contribution in [2.75, 3.05) is 5.43 Å². The van der Waals surface area contributed by atoms with E-state index in [2.05, 4.69) is 15.5 Å². The number of thiophene rings is 1. The van der Waals surface area contributed by atoms with Gasteiger partial charge in [-0.25, -0.2) is 9.37 Å². The van der Waals surface area contributed by atoms with Crippen LogP contribution in [0.2, 0.25) is 0 Å². The first-order valence-electron chi connectivity index (χ1n) is 5.85. The largest absolute Gasteiger partial charge is 0.253 e. The van der Waals surface area contributed by atoms with Gasteiger partial charge in [-0.15, -0.1) is 22.7 Å². The predicted molar refractivity (Wildman–Crippen MR) is 83.0 cm³/mol. The summed E-state index contributed by atoms with van der Waals surface area (Å²) in [6, 6.07) is 10.2. The number of nitrogens with zero attached hydrogens (tertiary/aromatic N) is 2. The molecule has 0 amide bonds. The van der Waals surface area contributed by atoms with Crippen LogP contribution in [-0.2, 0) is 0 Å². The molecular weight excluding hydrogens is 293 g/mol. The van der Waals surface area contributed by atoms with E-state index >= 15 is 0 Å². The van der Waals surface area contributed by atoms with Crippen LogP contribution in [0.25, 0.3) is 11.3 Å². The molecule has 0 saturated heterocycles. The summed E-state index contributed by atoms with van der Waals surface area (Å²) in [5, 5.41) is 8.74. The van der Waals surface area contributed by atoms with E-state index in [1.807, 2.05) is 22.9 Å². The second-order valence-corrected chi connectivity index (χ2v) is 5.77. The Morgan fingerprint density at radius 3 is 2.75 bits per heavy atom. The molecule has 0 atom stereocenters. The lowest BCUT2D eigenvalue weighted by Crippen LogP contribution is -1.88. The molecule has 3 nitrogen and oxygen atoms in total. The Kier molecular flexibility index (Phi) is 3.85. The van der Waals surface area contributed by atoms with Crippen LogP contribution in [0.1, 0.15) is 4.88 Å². The Morgan fingerprint density at radius 2 is 2.00 bits per heavy atom. The van der Waals surface area contributed by atoms with Crippen LogP contribution in [0.5, 0.6) is 0 Å². The fourth-order valence-corrected chi connectivity index (χ4v) is 2.85. The van der Waals surface area contributed by atoms with Crippen molar-refractivity contribution in [3.8, 4) is 11.3 Å². The molecule has 3 aromatic rings. The summed E-state index contributed by atoms with van der Waals surface area (Å²) in [6.45, 7) is 0. The Hall–Kier alpha value is -2.05. The molecule has 0 spiro atoms. The average Bonchev–Trinajstić information content (AvgIpc) is 3.11. The zero-order chi connectivity index (χ0) is 13.8. The number of nitrogens with one attached hydrogen (secondary N) is 1. The third kappa shape index (κ3) is 3.09. The number of hydrazone groups is 1. The molecule has 2 aromatic heterocycles. The highest BCUT2D eigenvalue weighted by Crippen LogP contribution is 2.24. The van der Waals surface area contributed by atoms with Gasteiger partial charge >= 0.3 is 0 Å². The summed E-state index contributed by atoms with van der Waals surface area (Å²) in [7, 11) is 0. The number of thiazole rings is 1. The summed E-state index contributed by atoms with van der Waals surface area (Å²) in [5.74, 6) is -0.247. The van der Waals surface area contributed by atoms with Crippen LogP contribution in [0, 0.1) is 5.82 Å². The molecular formula is C14H10FN3S2. The fraction of sp³-hybridized carbons (Fsp3) is 0. The SMILES string of the molecule is Fc1ccc(-c2csc(N/N=C/c3cccs3)n2)cc1.